The van der Waals surface area contributed by atoms with E-state index in [0.717, 1.165) is 12.1 Å². The molecule has 0 saturated heterocycles. The highest BCUT2D eigenvalue weighted by molar-refractivity contribution is 9.10. The van der Waals surface area contributed by atoms with Crippen LogP contribution in [-0.4, -0.2) is 18.5 Å². The van der Waals surface area contributed by atoms with Gasteiger partial charge in [0.2, 0.25) is 0 Å². The molecule has 0 bridgehead atoms. The van der Waals surface area contributed by atoms with Crippen molar-refractivity contribution in [2.75, 3.05) is 6.61 Å². The van der Waals surface area contributed by atoms with Crippen LogP contribution in [0.1, 0.15) is 31.7 Å². The fraction of sp³-hybridized carbons (Fsp3) is 0.429. The number of ether oxygens (including phenoxy) is 2. The van der Waals surface area contributed by atoms with Gasteiger partial charge in [0.15, 0.2) is 0 Å². The van der Waals surface area contributed by atoms with Gasteiger partial charge in [-0.05, 0) is 25.5 Å². The standard InChI is InChI=1S/C14H15BrF2O4/c1-2-20-13(18)4-3-5-14(19)21-8-10-11(16)6-9(15)7-12(10)17/h6-7H,2-5,8H2,1H3. The van der Waals surface area contributed by atoms with Crippen molar-refractivity contribution in [1.82, 2.24) is 0 Å². The molecule has 0 aliphatic rings. The van der Waals surface area contributed by atoms with Gasteiger partial charge >= 0.3 is 11.9 Å². The lowest BCUT2D eigenvalue weighted by Crippen LogP contribution is -2.09. The van der Waals surface area contributed by atoms with Gasteiger partial charge in [-0.15, -0.1) is 0 Å². The van der Waals surface area contributed by atoms with Crippen LogP contribution in [0.15, 0.2) is 16.6 Å². The number of esters is 2. The highest BCUT2D eigenvalue weighted by Gasteiger charge is 2.13. The van der Waals surface area contributed by atoms with Crippen LogP contribution in [-0.2, 0) is 25.7 Å². The van der Waals surface area contributed by atoms with Crippen LogP contribution < -0.4 is 0 Å². The fourth-order valence-corrected chi connectivity index (χ4v) is 1.95. The van der Waals surface area contributed by atoms with Crippen molar-refractivity contribution in [3.05, 3.63) is 33.8 Å². The first-order valence-corrected chi connectivity index (χ1v) is 7.18. The molecule has 0 fully saturated rings. The summed E-state index contributed by atoms with van der Waals surface area (Å²) in [5.41, 5.74) is -0.308. The van der Waals surface area contributed by atoms with E-state index in [1.165, 1.54) is 0 Å². The molecular formula is C14H15BrF2O4. The number of halogens is 3. The number of hydrogen-bond donors (Lipinski definition) is 0. The molecule has 1 rings (SSSR count). The van der Waals surface area contributed by atoms with Crippen molar-refractivity contribution in [2.45, 2.75) is 32.8 Å². The van der Waals surface area contributed by atoms with E-state index in [1.807, 2.05) is 0 Å². The van der Waals surface area contributed by atoms with E-state index in [1.54, 1.807) is 6.92 Å². The van der Waals surface area contributed by atoms with Crippen molar-refractivity contribution >= 4 is 27.9 Å². The van der Waals surface area contributed by atoms with E-state index in [2.05, 4.69) is 15.9 Å². The molecule has 1 aromatic rings. The molecule has 0 aromatic heterocycles. The molecule has 4 nitrogen and oxygen atoms in total. The molecule has 0 aliphatic heterocycles. The van der Waals surface area contributed by atoms with Crippen LogP contribution in [0.25, 0.3) is 0 Å². The first-order valence-electron chi connectivity index (χ1n) is 6.38. The third kappa shape index (κ3) is 6.20. The average Bonchev–Trinajstić information content (AvgIpc) is 2.37. The lowest BCUT2D eigenvalue weighted by Gasteiger charge is -2.07. The molecule has 0 atom stereocenters. The summed E-state index contributed by atoms with van der Waals surface area (Å²) in [7, 11) is 0. The second-order valence-corrected chi connectivity index (χ2v) is 5.08. The van der Waals surface area contributed by atoms with Crippen molar-refractivity contribution in [2.24, 2.45) is 0 Å². The van der Waals surface area contributed by atoms with Gasteiger partial charge in [0.1, 0.15) is 18.2 Å². The summed E-state index contributed by atoms with van der Waals surface area (Å²) in [6.45, 7) is 1.49. The molecule has 1 aromatic carbocycles. The fourth-order valence-electron chi connectivity index (χ4n) is 1.55. The van der Waals surface area contributed by atoms with Crippen molar-refractivity contribution in [3.63, 3.8) is 0 Å². The Labute approximate surface area is 129 Å². The van der Waals surface area contributed by atoms with Gasteiger partial charge in [0.05, 0.1) is 12.2 Å². The van der Waals surface area contributed by atoms with Crippen LogP contribution in [0.4, 0.5) is 8.78 Å². The number of carbonyl (C=O) groups is 2. The quantitative estimate of drug-likeness (QED) is 0.694. The first kappa shape index (κ1) is 17.6. The summed E-state index contributed by atoms with van der Waals surface area (Å²) in [6, 6.07) is 2.18. The van der Waals surface area contributed by atoms with Gasteiger partial charge in [0, 0.05) is 17.3 Å². The Bertz CT molecular complexity index is 497. The van der Waals surface area contributed by atoms with Crippen LogP contribution in [0.3, 0.4) is 0 Å². The summed E-state index contributed by atoms with van der Waals surface area (Å²) in [6.07, 6.45) is 0.353. The van der Waals surface area contributed by atoms with Crippen LogP contribution >= 0.6 is 15.9 Å². The Morgan fingerprint density at radius 3 is 2.14 bits per heavy atom. The van der Waals surface area contributed by atoms with Gasteiger partial charge in [-0.1, -0.05) is 15.9 Å². The largest absolute Gasteiger partial charge is 0.466 e. The Balaban J connectivity index is 2.38. The first-order chi connectivity index (χ1) is 9.93. The Hall–Kier alpha value is -1.50. The third-order valence-electron chi connectivity index (χ3n) is 2.55. The highest BCUT2D eigenvalue weighted by Crippen LogP contribution is 2.20. The van der Waals surface area contributed by atoms with E-state index in [9.17, 15) is 18.4 Å². The Morgan fingerprint density at radius 1 is 1.10 bits per heavy atom. The van der Waals surface area contributed by atoms with Crippen molar-refractivity contribution < 1.29 is 27.8 Å². The average molecular weight is 365 g/mol. The third-order valence-corrected chi connectivity index (χ3v) is 3.01. The summed E-state index contributed by atoms with van der Waals surface area (Å²) in [5.74, 6) is -2.60. The van der Waals surface area contributed by atoms with Crippen molar-refractivity contribution in [1.29, 1.82) is 0 Å². The second kappa shape index (κ2) is 8.71. The summed E-state index contributed by atoms with van der Waals surface area (Å²) < 4.78 is 36.7. The van der Waals surface area contributed by atoms with E-state index in [0.29, 0.717) is 0 Å². The van der Waals surface area contributed by atoms with Gasteiger partial charge in [-0.25, -0.2) is 8.78 Å². The molecule has 0 spiro atoms. The molecule has 7 heteroatoms. The molecular weight excluding hydrogens is 350 g/mol. The van der Waals surface area contributed by atoms with E-state index in [-0.39, 0.29) is 35.9 Å². The van der Waals surface area contributed by atoms with Gasteiger partial charge in [-0.3, -0.25) is 9.59 Å². The normalized spacial score (nSPS) is 10.3. The zero-order chi connectivity index (χ0) is 15.8. The summed E-state index contributed by atoms with van der Waals surface area (Å²) >= 11 is 2.96. The van der Waals surface area contributed by atoms with Crippen molar-refractivity contribution in [3.8, 4) is 0 Å². The molecule has 0 unspecified atom stereocenters. The maximum atomic E-state index is 13.5. The molecule has 0 N–H and O–H groups in total. The van der Waals surface area contributed by atoms with Crippen LogP contribution in [0, 0.1) is 11.6 Å². The lowest BCUT2D eigenvalue weighted by atomic mass is 10.2. The maximum Gasteiger partial charge on any atom is 0.306 e. The number of hydrogen-bond acceptors (Lipinski definition) is 4. The summed E-state index contributed by atoms with van der Waals surface area (Å²) in [5, 5.41) is 0. The van der Waals surface area contributed by atoms with Gasteiger partial charge < -0.3 is 9.47 Å². The zero-order valence-electron chi connectivity index (χ0n) is 11.5. The minimum atomic E-state index is -0.791. The number of benzene rings is 1. The molecule has 0 radical (unpaired) electrons. The number of rotatable bonds is 7. The predicted octanol–water partition coefficient (Wildman–Crippen LogP) is 3.50. The topological polar surface area (TPSA) is 52.6 Å². The Kier molecular flexibility index (Phi) is 7.28. The summed E-state index contributed by atoms with van der Waals surface area (Å²) in [4.78, 5) is 22.5. The van der Waals surface area contributed by atoms with Gasteiger partial charge in [0.25, 0.3) is 0 Å². The van der Waals surface area contributed by atoms with E-state index < -0.39 is 30.2 Å². The number of carbonyl (C=O) groups excluding carboxylic acids is 2. The smallest absolute Gasteiger partial charge is 0.306 e. The monoisotopic (exact) mass is 364 g/mol. The van der Waals surface area contributed by atoms with Crippen LogP contribution in [0.5, 0.6) is 0 Å². The Morgan fingerprint density at radius 2 is 1.62 bits per heavy atom. The molecule has 0 amide bonds. The minimum Gasteiger partial charge on any atom is -0.466 e. The van der Waals surface area contributed by atoms with E-state index >= 15 is 0 Å². The maximum absolute atomic E-state index is 13.5. The second-order valence-electron chi connectivity index (χ2n) is 4.17. The zero-order valence-corrected chi connectivity index (χ0v) is 13.0. The van der Waals surface area contributed by atoms with E-state index in [4.69, 9.17) is 9.47 Å². The lowest BCUT2D eigenvalue weighted by molar-refractivity contribution is -0.146. The molecule has 116 valence electrons. The molecule has 0 heterocycles. The highest BCUT2D eigenvalue weighted by atomic mass is 79.9. The SMILES string of the molecule is CCOC(=O)CCCC(=O)OCc1c(F)cc(Br)cc1F. The predicted molar refractivity (Wildman–Crippen MR) is 74.3 cm³/mol. The van der Waals surface area contributed by atoms with Gasteiger partial charge in [-0.2, -0.15) is 0 Å². The molecule has 0 aliphatic carbocycles. The minimum absolute atomic E-state index is 0.0153. The molecule has 0 saturated carbocycles. The van der Waals surface area contributed by atoms with Crippen LogP contribution in [0.2, 0.25) is 0 Å². The molecule has 21 heavy (non-hydrogen) atoms.